The van der Waals surface area contributed by atoms with Crippen molar-refractivity contribution in [2.24, 2.45) is 0 Å². The Morgan fingerprint density at radius 1 is 1.33 bits per heavy atom. The highest BCUT2D eigenvalue weighted by atomic mass is 16.6. The second kappa shape index (κ2) is 6.47. The van der Waals surface area contributed by atoms with E-state index in [0.717, 1.165) is 18.5 Å². The highest BCUT2D eigenvalue weighted by Gasteiger charge is 2.14. The molecule has 1 aromatic carbocycles. The van der Waals surface area contributed by atoms with E-state index in [4.69, 9.17) is 4.74 Å². The molecule has 1 aromatic rings. The number of methoxy groups -OCH3 is 1. The predicted octanol–water partition coefficient (Wildman–Crippen LogP) is 2.50. The number of nitro groups is 1. The van der Waals surface area contributed by atoms with Gasteiger partial charge in [-0.15, -0.1) is 0 Å². The molecule has 100 valence electrons. The summed E-state index contributed by atoms with van der Waals surface area (Å²) < 4.78 is 5.32. The first kappa shape index (κ1) is 14.6. The Kier molecular flexibility index (Phi) is 5.25. The summed E-state index contributed by atoms with van der Waals surface area (Å²) in [5.41, 5.74) is 1.04. The minimum absolute atomic E-state index is 0.123. The summed E-state index contributed by atoms with van der Waals surface area (Å²) in [6.45, 7) is 5.64. The molecule has 1 rings (SSSR count). The highest BCUT2D eigenvalue weighted by molar-refractivity contribution is 5.32. The van der Waals surface area contributed by atoms with E-state index >= 15 is 0 Å². The van der Waals surface area contributed by atoms with Crippen molar-refractivity contribution < 1.29 is 9.66 Å². The first-order valence-electron chi connectivity index (χ1n) is 5.94. The summed E-state index contributed by atoms with van der Waals surface area (Å²) in [7, 11) is 1.70. The van der Waals surface area contributed by atoms with E-state index in [1.165, 1.54) is 12.1 Å². The van der Waals surface area contributed by atoms with E-state index in [1.807, 2.05) is 13.8 Å². The van der Waals surface area contributed by atoms with Crippen LogP contribution < -0.4 is 5.32 Å². The van der Waals surface area contributed by atoms with E-state index in [0.29, 0.717) is 6.54 Å². The molecule has 0 radical (unpaired) electrons. The van der Waals surface area contributed by atoms with Crippen LogP contribution in [0.25, 0.3) is 0 Å². The molecule has 0 spiro atoms. The minimum Gasteiger partial charge on any atom is -0.379 e. The van der Waals surface area contributed by atoms with Crippen molar-refractivity contribution in [3.8, 4) is 0 Å². The number of ether oxygens (including phenoxy) is 1. The van der Waals surface area contributed by atoms with Crippen molar-refractivity contribution in [2.45, 2.75) is 32.4 Å². The maximum atomic E-state index is 10.5. The molecule has 18 heavy (non-hydrogen) atoms. The SMILES string of the molecule is COC(C)(C)CCNCc1ccc([N+](=O)[O-])cc1. The number of nitro benzene ring substituents is 1. The number of hydrogen-bond acceptors (Lipinski definition) is 4. The number of nitrogens with zero attached hydrogens (tertiary/aromatic N) is 1. The van der Waals surface area contributed by atoms with Gasteiger partial charge in [0.05, 0.1) is 10.5 Å². The summed E-state index contributed by atoms with van der Waals surface area (Å²) in [4.78, 5) is 10.1. The number of nitrogens with one attached hydrogen (secondary N) is 1. The van der Waals surface area contributed by atoms with Gasteiger partial charge in [-0.1, -0.05) is 12.1 Å². The molecule has 0 bridgehead atoms. The van der Waals surface area contributed by atoms with Crippen LogP contribution >= 0.6 is 0 Å². The molecule has 0 aliphatic rings. The van der Waals surface area contributed by atoms with Gasteiger partial charge in [-0.25, -0.2) is 0 Å². The number of benzene rings is 1. The Morgan fingerprint density at radius 2 is 1.94 bits per heavy atom. The number of non-ortho nitro benzene ring substituents is 1. The Labute approximate surface area is 107 Å². The third-order valence-electron chi connectivity index (χ3n) is 2.93. The summed E-state index contributed by atoms with van der Waals surface area (Å²) >= 11 is 0. The molecular formula is C13H20N2O3. The Morgan fingerprint density at radius 3 is 2.44 bits per heavy atom. The summed E-state index contributed by atoms with van der Waals surface area (Å²) in [6.07, 6.45) is 0.913. The van der Waals surface area contributed by atoms with Gasteiger partial charge in [-0.3, -0.25) is 10.1 Å². The van der Waals surface area contributed by atoms with Gasteiger partial charge < -0.3 is 10.1 Å². The molecular weight excluding hydrogens is 232 g/mol. The van der Waals surface area contributed by atoms with Crippen LogP contribution in [-0.2, 0) is 11.3 Å². The molecule has 0 aliphatic carbocycles. The third-order valence-corrected chi connectivity index (χ3v) is 2.93. The zero-order chi connectivity index (χ0) is 13.6. The normalized spacial score (nSPS) is 11.5. The van der Waals surface area contributed by atoms with E-state index in [1.54, 1.807) is 19.2 Å². The Hall–Kier alpha value is -1.46. The summed E-state index contributed by atoms with van der Waals surface area (Å²) in [6, 6.07) is 6.59. The molecule has 0 atom stereocenters. The van der Waals surface area contributed by atoms with E-state index in [-0.39, 0.29) is 11.3 Å². The molecule has 0 aliphatic heterocycles. The zero-order valence-electron chi connectivity index (χ0n) is 11.1. The quantitative estimate of drug-likeness (QED) is 0.460. The van der Waals surface area contributed by atoms with Crippen LogP contribution in [0.4, 0.5) is 5.69 Å². The van der Waals surface area contributed by atoms with Crippen LogP contribution in [0.15, 0.2) is 24.3 Å². The van der Waals surface area contributed by atoms with Gasteiger partial charge in [0.2, 0.25) is 0 Å². The Bertz CT molecular complexity index is 388. The van der Waals surface area contributed by atoms with Gasteiger partial charge in [0.25, 0.3) is 5.69 Å². The molecule has 0 fully saturated rings. The van der Waals surface area contributed by atoms with Crippen LogP contribution in [0, 0.1) is 10.1 Å². The second-order valence-corrected chi connectivity index (χ2v) is 4.81. The largest absolute Gasteiger partial charge is 0.379 e. The van der Waals surface area contributed by atoms with Crippen LogP contribution in [0.5, 0.6) is 0 Å². The molecule has 0 unspecified atom stereocenters. The molecule has 0 heterocycles. The lowest BCUT2D eigenvalue weighted by atomic mass is 10.1. The van der Waals surface area contributed by atoms with Crippen molar-refractivity contribution in [1.29, 1.82) is 0 Å². The van der Waals surface area contributed by atoms with Crippen LogP contribution in [0.3, 0.4) is 0 Å². The maximum absolute atomic E-state index is 10.5. The fourth-order valence-electron chi connectivity index (χ4n) is 1.46. The average Bonchev–Trinajstić information content (AvgIpc) is 2.35. The molecule has 5 nitrogen and oxygen atoms in total. The lowest BCUT2D eigenvalue weighted by Gasteiger charge is -2.22. The van der Waals surface area contributed by atoms with Crippen LogP contribution in [0.2, 0.25) is 0 Å². The van der Waals surface area contributed by atoms with Crippen LogP contribution in [0.1, 0.15) is 25.8 Å². The molecule has 0 saturated heterocycles. The lowest BCUT2D eigenvalue weighted by Crippen LogP contribution is -2.28. The fraction of sp³-hybridized carbons (Fsp3) is 0.538. The lowest BCUT2D eigenvalue weighted by molar-refractivity contribution is -0.384. The van der Waals surface area contributed by atoms with E-state index in [9.17, 15) is 10.1 Å². The second-order valence-electron chi connectivity index (χ2n) is 4.81. The summed E-state index contributed by atoms with van der Waals surface area (Å²) in [5.74, 6) is 0. The third kappa shape index (κ3) is 4.81. The van der Waals surface area contributed by atoms with E-state index in [2.05, 4.69) is 5.32 Å². The standard InChI is InChI=1S/C13H20N2O3/c1-13(2,18-3)8-9-14-10-11-4-6-12(7-5-11)15(16)17/h4-7,14H,8-10H2,1-3H3. The average molecular weight is 252 g/mol. The monoisotopic (exact) mass is 252 g/mol. The fourth-order valence-corrected chi connectivity index (χ4v) is 1.46. The first-order chi connectivity index (χ1) is 8.44. The molecule has 1 N–H and O–H groups in total. The maximum Gasteiger partial charge on any atom is 0.269 e. The Balaban J connectivity index is 2.34. The van der Waals surface area contributed by atoms with Gasteiger partial charge in [-0.05, 0) is 32.4 Å². The van der Waals surface area contributed by atoms with Crippen molar-refractivity contribution in [3.05, 3.63) is 39.9 Å². The smallest absolute Gasteiger partial charge is 0.269 e. The first-order valence-corrected chi connectivity index (χ1v) is 5.94. The van der Waals surface area contributed by atoms with Crippen LogP contribution in [-0.4, -0.2) is 24.2 Å². The van der Waals surface area contributed by atoms with Gasteiger partial charge in [0, 0.05) is 25.8 Å². The van der Waals surface area contributed by atoms with Gasteiger partial charge in [0.1, 0.15) is 0 Å². The molecule has 0 amide bonds. The minimum atomic E-state index is -0.391. The molecule has 0 aromatic heterocycles. The zero-order valence-corrected chi connectivity index (χ0v) is 11.1. The molecule has 5 heteroatoms. The van der Waals surface area contributed by atoms with E-state index < -0.39 is 4.92 Å². The van der Waals surface area contributed by atoms with Crippen molar-refractivity contribution in [2.75, 3.05) is 13.7 Å². The highest BCUT2D eigenvalue weighted by Crippen LogP contribution is 2.13. The predicted molar refractivity (Wildman–Crippen MR) is 70.5 cm³/mol. The number of hydrogen-bond donors (Lipinski definition) is 1. The van der Waals surface area contributed by atoms with Crippen molar-refractivity contribution in [3.63, 3.8) is 0 Å². The van der Waals surface area contributed by atoms with Crippen molar-refractivity contribution in [1.82, 2.24) is 5.32 Å². The van der Waals surface area contributed by atoms with Gasteiger partial charge in [-0.2, -0.15) is 0 Å². The van der Waals surface area contributed by atoms with Gasteiger partial charge in [0.15, 0.2) is 0 Å². The topological polar surface area (TPSA) is 64.4 Å². The number of rotatable bonds is 7. The van der Waals surface area contributed by atoms with Gasteiger partial charge >= 0.3 is 0 Å². The van der Waals surface area contributed by atoms with Crippen molar-refractivity contribution >= 4 is 5.69 Å². The molecule has 0 saturated carbocycles. The summed E-state index contributed by atoms with van der Waals surface area (Å²) in [5, 5.41) is 13.8.